The maximum absolute atomic E-state index is 10.6. The summed E-state index contributed by atoms with van der Waals surface area (Å²) in [5, 5.41) is 0. The largest absolute Gasteiger partial charge is 0.296 e. The van der Waals surface area contributed by atoms with Crippen molar-refractivity contribution >= 4 is 6.29 Å². The summed E-state index contributed by atoms with van der Waals surface area (Å²) in [7, 11) is 0. The molecule has 0 radical (unpaired) electrons. The molecule has 2 atom stereocenters. The molecule has 0 aliphatic heterocycles. The molecule has 15 heavy (non-hydrogen) atoms. The van der Waals surface area contributed by atoms with Crippen molar-refractivity contribution in [2.45, 2.75) is 38.5 Å². The molecule has 3 nitrogen and oxygen atoms in total. The highest BCUT2D eigenvalue weighted by Crippen LogP contribution is 2.37. The summed E-state index contributed by atoms with van der Waals surface area (Å²) in [4.78, 5) is 19.1. The second-order valence-electron chi connectivity index (χ2n) is 4.24. The van der Waals surface area contributed by atoms with Gasteiger partial charge in [0.2, 0.25) is 0 Å². The van der Waals surface area contributed by atoms with Gasteiger partial charge in [0.15, 0.2) is 6.29 Å². The second kappa shape index (κ2) is 4.51. The third-order valence-electron chi connectivity index (χ3n) is 3.30. The van der Waals surface area contributed by atoms with Crippen LogP contribution >= 0.6 is 0 Å². The number of carbonyl (C=O) groups excluding carboxylic acids is 1. The Kier molecular flexibility index (Phi) is 3.09. The van der Waals surface area contributed by atoms with Crippen molar-refractivity contribution in [1.82, 2.24) is 9.97 Å². The molecule has 1 aliphatic carbocycles. The van der Waals surface area contributed by atoms with Crippen LogP contribution in [0.1, 0.15) is 54.8 Å². The van der Waals surface area contributed by atoms with Crippen LogP contribution in [0.15, 0.2) is 12.3 Å². The molecule has 0 amide bonds. The van der Waals surface area contributed by atoms with E-state index in [1.54, 1.807) is 12.3 Å². The van der Waals surface area contributed by atoms with Crippen LogP contribution in [-0.4, -0.2) is 16.3 Å². The number of carbonyl (C=O) groups is 1. The van der Waals surface area contributed by atoms with E-state index >= 15 is 0 Å². The van der Waals surface area contributed by atoms with Crippen LogP contribution in [0.3, 0.4) is 0 Å². The van der Waals surface area contributed by atoms with Crippen LogP contribution in [0.25, 0.3) is 0 Å². The van der Waals surface area contributed by atoms with E-state index in [0.29, 0.717) is 11.6 Å². The zero-order valence-electron chi connectivity index (χ0n) is 9.02. The summed E-state index contributed by atoms with van der Waals surface area (Å²) in [5.41, 5.74) is 0.500. The molecular formula is C12H16N2O. The SMILES string of the molecule is CCC1CCC(c2nccc(C=O)n2)C1. The van der Waals surface area contributed by atoms with Gasteiger partial charge in [-0.15, -0.1) is 0 Å². The smallest absolute Gasteiger partial charge is 0.168 e. The van der Waals surface area contributed by atoms with Gasteiger partial charge in [0, 0.05) is 12.1 Å². The first-order chi connectivity index (χ1) is 7.33. The van der Waals surface area contributed by atoms with Gasteiger partial charge in [-0.05, 0) is 31.2 Å². The van der Waals surface area contributed by atoms with Crippen molar-refractivity contribution in [3.8, 4) is 0 Å². The van der Waals surface area contributed by atoms with E-state index in [2.05, 4.69) is 16.9 Å². The standard InChI is InChI=1S/C12H16N2O/c1-2-9-3-4-10(7-9)12-13-6-5-11(8-15)14-12/h5-6,8-10H,2-4,7H2,1H3. The minimum absolute atomic E-state index is 0.467. The highest BCUT2D eigenvalue weighted by molar-refractivity contribution is 5.71. The first-order valence-electron chi connectivity index (χ1n) is 5.61. The predicted molar refractivity (Wildman–Crippen MR) is 57.8 cm³/mol. The Morgan fingerprint density at radius 2 is 2.40 bits per heavy atom. The van der Waals surface area contributed by atoms with Crippen molar-refractivity contribution in [3.05, 3.63) is 23.8 Å². The molecule has 80 valence electrons. The van der Waals surface area contributed by atoms with Crippen LogP contribution in [0.2, 0.25) is 0 Å². The molecule has 1 saturated carbocycles. The average Bonchev–Trinajstić information content (AvgIpc) is 2.78. The van der Waals surface area contributed by atoms with Crippen LogP contribution in [0, 0.1) is 5.92 Å². The van der Waals surface area contributed by atoms with Gasteiger partial charge >= 0.3 is 0 Å². The van der Waals surface area contributed by atoms with Crippen LogP contribution in [-0.2, 0) is 0 Å². The first-order valence-corrected chi connectivity index (χ1v) is 5.61. The highest BCUT2D eigenvalue weighted by Gasteiger charge is 2.26. The van der Waals surface area contributed by atoms with E-state index < -0.39 is 0 Å². The van der Waals surface area contributed by atoms with Gasteiger partial charge < -0.3 is 0 Å². The Labute approximate surface area is 89.9 Å². The molecule has 0 bridgehead atoms. The molecule has 2 unspecified atom stereocenters. The van der Waals surface area contributed by atoms with E-state index in [9.17, 15) is 4.79 Å². The van der Waals surface area contributed by atoms with Crippen LogP contribution < -0.4 is 0 Å². The van der Waals surface area contributed by atoms with Crippen molar-refractivity contribution in [1.29, 1.82) is 0 Å². The maximum Gasteiger partial charge on any atom is 0.168 e. The number of hydrogen-bond acceptors (Lipinski definition) is 3. The lowest BCUT2D eigenvalue weighted by atomic mass is 10.0. The lowest BCUT2D eigenvalue weighted by molar-refractivity contribution is 0.111. The van der Waals surface area contributed by atoms with Crippen LogP contribution in [0.4, 0.5) is 0 Å². The van der Waals surface area contributed by atoms with E-state index in [4.69, 9.17) is 0 Å². The third-order valence-corrected chi connectivity index (χ3v) is 3.30. The summed E-state index contributed by atoms with van der Waals surface area (Å²) in [5.74, 6) is 2.14. The Morgan fingerprint density at radius 1 is 1.53 bits per heavy atom. The zero-order chi connectivity index (χ0) is 10.7. The van der Waals surface area contributed by atoms with Crippen molar-refractivity contribution < 1.29 is 4.79 Å². The molecule has 3 heteroatoms. The van der Waals surface area contributed by atoms with Gasteiger partial charge in [0.1, 0.15) is 11.5 Å². The lowest BCUT2D eigenvalue weighted by Gasteiger charge is -2.08. The van der Waals surface area contributed by atoms with Gasteiger partial charge in [-0.3, -0.25) is 4.79 Å². The van der Waals surface area contributed by atoms with Crippen molar-refractivity contribution in [3.63, 3.8) is 0 Å². The lowest BCUT2D eigenvalue weighted by Crippen LogP contribution is -2.03. The van der Waals surface area contributed by atoms with Gasteiger partial charge in [-0.1, -0.05) is 13.3 Å². The Balaban J connectivity index is 2.12. The fraction of sp³-hybridized carbons (Fsp3) is 0.583. The van der Waals surface area contributed by atoms with Gasteiger partial charge in [0.05, 0.1) is 0 Å². The average molecular weight is 204 g/mol. The number of aldehydes is 1. The quantitative estimate of drug-likeness (QED) is 0.711. The molecule has 1 aromatic heterocycles. The van der Waals surface area contributed by atoms with Crippen molar-refractivity contribution in [2.24, 2.45) is 5.92 Å². The van der Waals surface area contributed by atoms with Gasteiger partial charge in [0.25, 0.3) is 0 Å². The monoisotopic (exact) mass is 204 g/mol. The molecule has 1 heterocycles. The third kappa shape index (κ3) is 2.22. The maximum atomic E-state index is 10.6. The minimum Gasteiger partial charge on any atom is -0.296 e. The normalized spacial score (nSPS) is 25.4. The number of hydrogen-bond donors (Lipinski definition) is 0. The zero-order valence-corrected chi connectivity index (χ0v) is 9.02. The summed E-state index contributed by atoms with van der Waals surface area (Å²) < 4.78 is 0. The molecule has 0 aromatic carbocycles. The number of nitrogens with zero attached hydrogens (tertiary/aromatic N) is 2. The second-order valence-corrected chi connectivity index (χ2v) is 4.24. The molecule has 1 aromatic rings. The van der Waals surface area contributed by atoms with Gasteiger partial charge in [-0.25, -0.2) is 9.97 Å². The molecule has 0 saturated heterocycles. The molecule has 2 rings (SSSR count). The Bertz CT molecular complexity index is 351. The summed E-state index contributed by atoms with van der Waals surface area (Å²) >= 11 is 0. The summed E-state index contributed by atoms with van der Waals surface area (Å²) in [6.07, 6.45) is 7.34. The first kappa shape index (κ1) is 10.3. The highest BCUT2D eigenvalue weighted by atomic mass is 16.1. The van der Waals surface area contributed by atoms with E-state index in [0.717, 1.165) is 18.0 Å². The Hall–Kier alpha value is -1.25. The Morgan fingerprint density at radius 3 is 3.07 bits per heavy atom. The van der Waals surface area contributed by atoms with E-state index in [1.807, 2.05) is 0 Å². The predicted octanol–water partition coefficient (Wildman–Crippen LogP) is 2.58. The summed E-state index contributed by atoms with van der Waals surface area (Å²) in [6, 6.07) is 1.66. The topological polar surface area (TPSA) is 42.9 Å². The molecule has 0 spiro atoms. The molecule has 1 fully saturated rings. The summed E-state index contributed by atoms with van der Waals surface area (Å²) in [6.45, 7) is 2.23. The molecular weight excluding hydrogens is 188 g/mol. The molecule has 1 aliphatic rings. The molecule has 0 N–H and O–H groups in total. The van der Waals surface area contributed by atoms with Gasteiger partial charge in [-0.2, -0.15) is 0 Å². The fourth-order valence-electron chi connectivity index (χ4n) is 2.33. The minimum atomic E-state index is 0.467. The van der Waals surface area contributed by atoms with Crippen molar-refractivity contribution in [2.75, 3.05) is 0 Å². The van der Waals surface area contributed by atoms with E-state index in [-0.39, 0.29) is 0 Å². The number of rotatable bonds is 3. The van der Waals surface area contributed by atoms with E-state index in [1.165, 1.54) is 25.7 Å². The fourth-order valence-corrected chi connectivity index (χ4v) is 2.33. The number of aromatic nitrogens is 2. The van der Waals surface area contributed by atoms with Crippen LogP contribution in [0.5, 0.6) is 0 Å².